The molecular weight excluding hydrogens is 460 g/mol. The fourth-order valence-corrected chi connectivity index (χ4v) is 5.94. The van der Waals surface area contributed by atoms with Gasteiger partial charge < -0.3 is 9.84 Å². The average Bonchev–Trinajstić information content (AvgIpc) is 2.90. The lowest BCUT2D eigenvalue weighted by Crippen LogP contribution is -2.35. The number of carbonyl (C=O) groups excluding carboxylic acids is 1. The molecule has 0 aromatic heterocycles. The summed E-state index contributed by atoms with van der Waals surface area (Å²) >= 11 is 0. The third-order valence-corrected chi connectivity index (χ3v) is 8.43. The maximum atomic E-state index is 13.0. The van der Waals surface area contributed by atoms with E-state index in [1.807, 2.05) is 0 Å². The Morgan fingerprint density at radius 2 is 0.946 bits per heavy atom. The topological polar surface area (TPSA) is 63.6 Å². The Bertz CT molecular complexity index is 522. The van der Waals surface area contributed by atoms with Gasteiger partial charge in [0.15, 0.2) is 0 Å². The quantitative estimate of drug-likeness (QED) is 0.0956. The van der Waals surface area contributed by atoms with Crippen molar-refractivity contribution in [3.63, 3.8) is 0 Å². The largest absolute Gasteiger partial charge is 0.481 e. The molecule has 2 unspecified atom stereocenters. The Labute approximate surface area is 230 Å². The zero-order valence-corrected chi connectivity index (χ0v) is 24.8. The van der Waals surface area contributed by atoms with Gasteiger partial charge in [-0.25, -0.2) is 0 Å². The molecule has 218 valence electrons. The van der Waals surface area contributed by atoms with Crippen molar-refractivity contribution in [1.29, 1.82) is 0 Å². The number of esters is 1. The van der Waals surface area contributed by atoms with E-state index in [4.69, 9.17) is 4.74 Å². The van der Waals surface area contributed by atoms with Gasteiger partial charge in [0.25, 0.3) is 0 Å². The molecule has 1 fully saturated rings. The Kier molecular flexibility index (Phi) is 22.0. The second kappa shape index (κ2) is 24.0. The lowest BCUT2D eigenvalue weighted by Gasteiger charge is -2.29. The lowest BCUT2D eigenvalue weighted by molar-refractivity contribution is -0.164. The number of carboxylic acids is 1. The first kappa shape index (κ1) is 34.0. The van der Waals surface area contributed by atoms with Gasteiger partial charge in [-0.1, -0.05) is 142 Å². The molecule has 1 aliphatic rings. The minimum atomic E-state index is -0.831. The molecule has 37 heavy (non-hydrogen) atoms. The molecule has 4 heteroatoms. The fraction of sp³-hybridized carbons (Fsp3) is 0.939. The van der Waals surface area contributed by atoms with E-state index < -0.39 is 17.8 Å². The minimum absolute atomic E-state index is 0.0352. The van der Waals surface area contributed by atoms with Crippen LogP contribution in [0.2, 0.25) is 0 Å². The van der Waals surface area contributed by atoms with Gasteiger partial charge in [0, 0.05) is 0 Å². The normalized spacial score (nSPS) is 17.8. The number of ether oxygens (including phenoxy) is 1. The van der Waals surface area contributed by atoms with Gasteiger partial charge in [-0.15, -0.1) is 0 Å². The van der Waals surface area contributed by atoms with Crippen LogP contribution in [0.25, 0.3) is 0 Å². The van der Waals surface area contributed by atoms with Crippen LogP contribution in [0.4, 0.5) is 0 Å². The van der Waals surface area contributed by atoms with E-state index in [2.05, 4.69) is 13.8 Å². The summed E-state index contributed by atoms with van der Waals surface area (Å²) in [6, 6.07) is 0. The average molecular weight is 523 g/mol. The molecule has 0 heterocycles. The van der Waals surface area contributed by atoms with Crippen LogP contribution in [-0.2, 0) is 14.3 Å². The highest BCUT2D eigenvalue weighted by Gasteiger charge is 2.37. The number of unbranched alkanes of at least 4 members (excludes halogenated alkanes) is 18. The second-order valence-electron chi connectivity index (χ2n) is 11.8. The van der Waals surface area contributed by atoms with E-state index in [-0.39, 0.29) is 12.1 Å². The maximum absolute atomic E-state index is 13.0. The highest BCUT2D eigenvalue weighted by molar-refractivity contribution is 5.81. The molecule has 0 saturated heterocycles. The van der Waals surface area contributed by atoms with Crippen molar-refractivity contribution in [1.82, 2.24) is 0 Å². The first-order chi connectivity index (χ1) is 18.1. The van der Waals surface area contributed by atoms with Gasteiger partial charge in [0.1, 0.15) is 6.10 Å². The molecule has 0 radical (unpaired) electrons. The van der Waals surface area contributed by atoms with Crippen LogP contribution in [0.1, 0.15) is 181 Å². The van der Waals surface area contributed by atoms with Gasteiger partial charge in [-0.05, 0) is 38.5 Å². The van der Waals surface area contributed by atoms with E-state index in [0.29, 0.717) is 12.8 Å². The summed E-state index contributed by atoms with van der Waals surface area (Å²) < 4.78 is 6.03. The number of aliphatic carboxylic acids is 1. The summed E-state index contributed by atoms with van der Waals surface area (Å²) in [5.41, 5.74) is 0. The summed E-state index contributed by atoms with van der Waals surface area (Å²) in [6.07, 6.45) is 31.1. The van der Waals surface area contributed by atoms with Crippen molar-refractivity contribution in [2.45, 2.75) is 187 Å². The molecule has 1 N–H and O–H groups in total. The Morgan fingerprint density at radius 1 is 0.595 bits per heavy atom. The van der Waals surface area contributed by atoms with Crippen LogP contribution in [0.15, 0.2) is 0 Å². The van der Waals surface area contributed by atoms with Crippen LogP contribution in [0, 0.1) is 11.8 Å². The summed E-state index contributed by atoms with van der Waals surface area (Å²) in [5.74, 6) is -2.08. The van der Waals surface area contributed by atoms with Gasteiger partial charge in [0.05, 0.1) is 11.8 Å². The summed E-state index contributed by atoms with van der Waals surface area (Å²) in [6.45, 7) is 4.53. The number of hydrogen-bond donors (Lipinski definition) is 1. The van der Waals surface area contributed by atoms with E-state index >= 15 is 0 Å². The van der Waals surface area contributed by atoms with Crippen LogP contribution in [0.3, 0.4) is 0 Å². The fourth-order valence-electron chi connectivity index (χ4n) is 5.94. The third kappa shape index (κ3) is 18.0. The van der Waals surface area contributed by atoms with Crippen molar-refractivity contribution in [2.24, 2.45) is 11.8 Å². The van der Waals surface area contributed by atoms with Crippen molar-refractivity contribution < 1.29 is 19.4 Å². The second-order valence-corrected chi connectivity index (χ2v) is 11.8. The summed E-state index contributed by atoms with van der Waals surface area (Å²) in [4.78, 5) is 24.7. The monoisotopic (exact) mass is 522 g/mol. The molecule has 0 aromatic carbocycles. The van der Waals surface area contributed by atoms with Gasteiger partial charge in [-0.3, -0.25) is 9.59 Å². The molecule has 2 atom stereocenters. The van der Waals surface area contributed by atoms with Crippen molar-refractivity contribution in [3.8, 4) is 0 Å². The molecule has 4 nitrogen and oxygen atoms in total. The van der Waals surface area contributed by atoms with Crippen molar-refractivity contribution >= 4 is 11.9 Å². The van der Waals surface area contributed by atoms with E-state index in [0.717, 1.165) is 38.5 Å². The summed E-state index contributed by atoms with van der Waals surface area (Å²) in [7, 11) is 0. The molecule has 1 saturated carbocycles. The standard InChI is InChI=1S/C33H62O4/c1-3-5-7-9-11-13-15-17-19-21-25-29(26-22-20-18-16-14-12-10-8-6-4-2)37-33(36)31-28-24-23-27-30(31)32(34)35/h29-31H,3-28H2,1-2H3,(H,34,35). The zero-order valence-electron chi connectivity index (χ0n) is 24.8. The van der Waals surface area contributed by atoms with Crippen LogP contribution in [0.5, 0.6) is 0 Å². The molecule has 0 aliphatic heterocycles. The highest BCUT2D eigenvalue weighted by Crippen LogP contribution is 2.32. The zero-order chi connectivity index (χ0) is 27.0. The predicted octanol–water partition coefficient (Wildman–Crippen LogP) is 10.4. The van der Waals surface area contributed by atoms with Crippen molar-refractivity contribution in [3.05, 3.63) is 0 Å². The first-order valence-electron chi connectivity index (χ1n) is 16.5. The molecule has 0 spiro atoms. The predicted molar refractivity (Wildman–Crippen MR) is 156 cm³/mol. The van der Waals surface area contributed by atoms with Crippen LogP contribution in [-0.4, -0.2) is 23.1 Å². The number of rotatable bonds is 25. The van der Waals surface area contributed by atoms with Gasteiger partial charge >= 0.3 is 11.9 Å². The molecule has 1 aliphatic carbocycles. The van der Waals surface area contributed by atoms with Gasteiger partial charge in [0.2, 0.25) is 0 Å². The highest BCUT2D eigenvalue weighted by atomic mass is 16.5. The third-order valence-electron chi connectivity index (χ3n) is 8.43. The number of carboxylic acid groups (broad SMARTS) is 1. The van der Waals surface area contributed by atoms with E-state index in [1.54, 1.807) is 0 Å². The summed E-state index contributed by atoms with van der Waals surface area (Å²) in [5, 5.41) is 9.59. The number of carbonyl (C=O) groups is 2. The SMILES string of the molecule is CCCCCCCCCCCCC(CCCCCCCCCCCC)OC(=O)C1CCCCC1C(=O)O. The molecule has 0 aromatic rings. The molecular formula is C33H62O4. The number of hydrogen-bond acceptors (Lipinski definition) is 3. The minimum Gasteiger partial charge on any atom is -0.481 e. The Hall–Kier alpha value is -1.06. The smallest absolute Gasteiger partial charge is 0.310 e. The Balaban J connectivity index is 2.34. The molecule has 1 rings (SSSR count). The van der Waals surface area contributed by atoms with Crippen LogP contribution < -0.4 is 0 Å². The van der Waals surface area contributed by atoms with Gasteiger partial charge in [-0.2, -0.15) is 0 Å². The van der Waals surface area contributed by atoms with Crippen LogP contribution >= 0.6 is 0 Å². The Morgan fingerprint density at radius 3 is 1.32 bits per heavy atom. The molecule has 0 amide bonds. The molecule has 0 bridgehead atoms. The maximum Gasteiger partial charge on any atom is 0.310 e. The van der Waals surface area contributed by atoms with E-state index in [9.17, 15) is 14.7 Å². The first-order valence-corrected chi connectivity index (χ1v) is 16.5. The van der Waals surface area contributed by atoms with E-state index in [1.165, 1.54) is 116 Å². The van der Waals surface area contributed by atoms with Crippen molar-refractivity contribution in [2.75, 3.05) is 0 Å². The lowest BCUT2D eigenvalue weighted by atomic mass is 9.79.